The summed E-state index contributed by atoms with van der Waals surface area (Å²) in [5, 5.41) is -0.154. The lowest BCUT2D eigenvalue weighted by Crippen LogP contribution is -2.49. The largest absolute Gasteiger partial charge is 0.497 e. The van der Waals surface area contributed by atoms with Gasteiger partial charge in [-0.2, -0.15) is 23.1 Å². The fraction of sp³-hybridized carbons (Fsp3) is 0.490. The fourth-order valence-electron chi connectivity index (χ4n) is 10.7. The summed E-state index contributed by atoms with van der Waals surface area (Å²) in [6.07, 6.45) is -3.34. The Labute approximate surface area is 403 Å². The van der Waals surface area contributed by atoms with Gasteiger partial charge in [-0.3, -0.25) is 4.90 Å². The van der Waals surface area contributed by atoms with Crippen molar-refractivity contribution in [3.8, 4) is 28.8 Å². The second kappa shape index (κ2) is 18.9. The van der Waals surface area contributed by atoms with Gasteiger partial charge in [0.1, 0.15) is 47.0 Å². The second-order valence-electron chi connectivity index (χ2n) is 19.7. The molecule has 4 atom stereocenters. The van der Waals surface area contributed by atoms with Crippen molar-refractivity contribution in [3.63, 3.8) is 0 Å². The lowest BCUT2D eigenvalue weighted by atomic mass is 9.92. The molecule has 18 heteroatoms. The number of rotatable bonds is 12. The van der Waals surface area contributed by atoms with E-state index in [2.05, 4.69) is 14.9 Å². The Morgan fingerprint density at radius 1 is 0.899 bits per heavy atom. The molecule has 0 saturated carbocycles. The molecule has 4 aliphatic heterocycles. The maximum Gasteiger partial charge on any atom is 0.418 e. The number of carbonyl (C=O) groups excluding carboxylic acids is 1. The Hall–Kier alpha value is -5.68. The zero-order valence-corrected chi connectivity index (χ0v) is 40.4. The maximum atomic E-state index is 17.9. The molecule has 4 fully saturated rings. The van der Waals surface area contributed by atoms with E-state index in [4.69, 9.17) is 35.5 Å². The summed E-state index contributed by atoms with van der Waals surface area (Å²) in [6, 6.07) is 17.0. The Kier molecular flexibility index (Phi) is 13.2. The van der Waals surface area contributed by atoms with Crippen molar-refractivity contribution in [1.29, 1.82) is 0 Å². The number of ether oxygens (including phenoxy) is 4. The predicted octanol–water partition coefficient (Wildman–Crippen LogP) is 10.8. The van der Waals surface area contributed by atoms with E-state index in [0.29, 0.717) is 56.9 Å². The minimum absolute atomic E-state index is 0.00851. The van der Waals surface area contributed by atoms with Crippen LogP contribution < -0.4 is 24.0 Å². The van der Waals surface area contributed by atoms with Crippen molar-refractivity contribution in [3.05, 3.63) is 93.8 Å². The Morgan fingerprint density at radius 3 is 2.19 bits per heavy atom. The van der Waals surface area contributed by atoms with E-state index in [0.717, 1.165) is 17.5 Å². The molecule has 4 saturated heterocycles. The average Bonchev–Trinajstić information content (AvgIpc) is 3.99. The molecule has 1 amide bonds. The molecule has 3 aromatic carbocycles. The number of aryl methyl sites for hydroxylation is 1. The number of likely N-dealkylation sites (tertiary alicyclic amines) is 1. The molecular weight excluding hydrogens is 921 g/mol. The van der Waals surface area contributed by atoms with Crippen LogP contribution in [0.15, 0.2) is 60.7 Å². The summed E-state index contributed by atoms with van der Waals surface area (Å²) >= 11 is 7.04. The lowest BCUT2D eigenvalue weighted by molar-refractivity contribution is -0.137. The van der Waals surface area contributed by atoms with E-state index in [-0.39, 0.29) is 89.9 Å². The summed E-state index contributed by atoms with van der Waals surface area (Å²) in [4.78, 5) is 35.0. The molecule has 2 unspecified atom stereocenters. The van der Waals surface area contributed by atoms with Gasteiger partial charge >= 0.3 is 18.3 Å². The molecule has 0 radical (unpaired) electrons. The van der Waals surface area contributed by atoms with Crippen molar-refractivity contribution in [2.75, 3.05) is 63.4 Å². The number of piperidine rings is 1. The Balaban J connectivity index is 1.15. The highest BCUT2D eigenvalue weighted by Gasteiger charge is 2.50. The van der Waals surface area contributed by atoms with Crippen LogP contribution in [0, 0.1) is 18.7 Å². The summed E-state index contributed by atoms with van der Waals surface area (Å²) in [7, 11) is 3.11. The molecule has 69 heavy (non-hydrogen) atoms. The van der Waals surface area contributed by atoms with E-state index in [9.17, 15) is 9.18 Å². The van der Waals surface area contributed by atoms with Crippen LogP contribution in [-0.2, 0) is 24.0 Å². The number of aromatic nitrogens is 3. The number of nitrogens with zero attached hydrogens (tertiary/aromatic N) is 7. The highest BCUT2D eigenvalue weighted by molar-refractivity contribution is 6.34. The minimum Gasteiger partial charge on any atom is -0.497 e. The number of benzene rings is 3. The molecule has 4 aliphatic rings. The van der Waals surface area contributed by atoms with Gasteiger partial charge in [0, 0.05) is 57.1 Å². The van der Waals surface area contributed by atoms with Gasteiger partial charge in [0.2, 0.25) is 0 Å². The first-order valence-electron chi connectivity index (χ1n) is 23.4. The topological polar surface area (TPSA) is 106 Å². The molecule has 6 heterocycles. The maximum absolute atomic E-state index is 17.9. The van der Waals surface area contributed by atoms with Crippen molar-refractivity contribution < 1.29 is 45.7 Å². The number of hydrogen-bond acceptors (Lipinski definition) is 11. The molecule has 9 rings (SSSR count). The summed E-state index contributed by atoms with van der Waals surface area (Å²) in [5.41, 5.74) is -2.56. The first-order valence-corrected chi connectivity index (χ1v) is 23.8. The molecule has 0 N–H and O–H groups in total. The van der Waals surface area contributed by atoms with E-state index < -0.39 is 46.1 Å². The SMILES string of the molecule is COc1ccc(CN(Cc2ccc(OC)cc2)c2cc(C)c(C(F)(F)F)c(-c3c(Cl)cc4c(N5CCC6C(CCN6C(=O)OC(C)(C)C)C5)nc(OC[C@]56CCCN5C[C@H](F)C6)nc4c3F)n2)cc1. The number of amides is 1. The van der Waals surface area contributed by atoms with Crippen LogP contribution in [0.3, 0.4) is 0 Å². The zero-order chi connectivity index (χ0) is 49.0. The zero-order valence-electron chi connectivity index (χ0n) is 39.6. The van der Waals surface area contributed by atoms with Crippen molar-refractivity contribution >= 4 is 40.2 Å². The molecule has 0 spiro atoms. The molecule has 5 aromatic rings. The standard InChI is InChI=1S/C51H57ClF5N7O5/c1-30-22-40(62(25-31-8-12-35(66-5)13-9-31)26-32-10-14-36(67-6)15-11-32)58-45(42(30)51(55,56)57)41-38(52)23-37-44(43(41)54)59-47(68-29-50-18-7-19-63(50)28-34(53)24-50)60-46(37)61-20-17-39-33(27-61)16-21-64(39)48(65)69-49(2,3)4/h8-15,22-23,33-34,39H,7,16-21,24-29H2,1-6H3/t33?,34-,39?,50-/m1/s1. The minimum atomic E-state index is -4.97. The van der Waals surface area contributed by atoms with E-state index in [1.165, 1.54) is 19.1 Å². The van der Waals surface area contributed by atoms with Crippen LogP contribution >= 0.6 is 11.6 Å². The summed E-state index contributed by atoms with van der Waals surface area (Å²) < 4.78 is 102. The van der Waals surface area contributed by atoms with Gasteiger partial charge in [-0.25, -0.2) is 18.6 Å². The number of fused-ring (bicyclic) bond motifs is 3. The van der Waals surface area contributed by atoms with Crippen LogP contribution in [0.5, 0.6) is 17.5 Å². The average molecular weight is 979 g/mol. The van der Waals surface area contributed by atoms with Crippen LogP contribution in [0.2, 0.25) is 5.02 Å². The molecular formula is C51H57ClF5N7O5. The molecule has 2 aromatic heterocycles. The van der Waals surface area contributed by atoms with Gasteiger partial charge in [0.15, 0.2) is 5.82 Å². The van der Waals surface area contributed by atoms with Crippen molar-refractivity contribution in [2.24, 2.45) is 5.92 Å². The summed E-state index contributed by atoms with van der Waals surface area (Å²) in [5.74, 6) is 0.574. The summed E-state index contributed by atoms with van der Waals surface area (Å²) in [6.45, 7) is 9.58. The third-order valence-corrected chi connectivity index (χ3v) is 14.2. The van der Waals surface area contributed by atoms with Crippen LogP contribution in [-0.4, -0.2) is 108 Å². The number of methoxy groups -OCH3 is 2. The van der Waals surface area contributed by atoms with Gasteiger partial charge in [-0.05, 0) is 119 Å². The smallest absolute Gasteiger partial charge is 0.418 e. The normalized spacial score (nSPS) is 21.7. The number of anilines is 2. The van der Waals surface area contributed by atoms with Crippen LogP contribution in [0.25, 0.3) is 22.2 Å². The van der Waals surface area contributed by atoms with Crippen molar-refractivity contribution in [2.45, 2.75) is 102 Å². The predicted molar refractivity (Wildman–Crippen MR) is 254 cm³/mol. The van der Waals surface area contributed by atoms with Crippen molar-refractivity contribution in [1.82, 2.24) is 24.8 Å². The van der Waals surface area contributed by atoms with Gasteiger partial charge in [-0.1, -0.05) is 35.9 Å². The lowest BCUT2D eigenvalue weighted by Gasteiger charge is -2.39. The Morgan fingerprint density at radius 2 is 1.57 bits per heavy atom. The number of hydrogen-bond donors (Lipinski definition) is 0. The number of carbonyl (C=O) groups is 1. The quantitative estimate of drug-likeness (QED) is 0.112. The third kappa shape index (κ3) is 9.90. The molecule has 0 bridgehead atoms. The van der Waals surface area contributed by atoms with E-state index >= 15 is 17.6 Å². The molecule has 12 nitrogen and oxygen atoms in total. The van der Waals surface area contributed by atoms with E-state index in [1.807, 2.05) is 54.8 Å². The molecule has 0 aliphatic carbocycles. The monoisotopic (exact) mass is 977 g/mol. The first-order chi connectivity index (χ1) is 32.8. The number of alkyl halides is 4. The fourth-order valence-corrected chi connectivity index (χ4v) is 11.0. The van der Waals surface area contributed by atoms with Gasteiger partial charge in [0.05, 0.1) is 41.6 Å². The Bertz CT molecular complexity index is 2660. The van der Waals surface area contributed by atoms with Crippen LogP contribution in [0.1, 0.15) is 75.1 Å². The van der Waals surface area contributed by atoms with Crippen LogP contribution in [0.4, 0.5) is 38.4 Å². The third-order valence-electron chi connectivity index (χ3n) is 13.9. The van der Waals surface area contributed by atoms with E-state index in [1.54, 1.807) is 43.4 Å². The van der Waals surface area contributed by atoms with Gasteiger partial charge < -0.3 is 33.6 Å². The number of pyridine rings is 1. The highest BCUT2D eigenvalue weighted by Crippen LogP contribution is 2.47. The molecule has 368 valence electrons. The van der Waals surface area contributed by atoms with Gasteiger partial charge in [-0.15, -0.1) is 0 Å². The highest BCUT2D eigenvalue weighted by atomic mass is 35.5. The van der Waals surface area contributed by atoms with Gasteiger partial charge in [0.25, 0.3) is 0 Å². The first kappa shape index (κ1) is 48.3. The number of halogens is 6. The second-order valence-corrected chi connectivity index (χ2v) is 20.1.